The lowest BCUT2D eigenvalue weighted by atomic mass is 9.80. The van der Waals surface area contributed by atoms with Crippen molar-refractivity contribution in [3.63, 3.8) is 0 Å². The molecule has 0 saturated heterocycles. The molecule has 8 rings (SSSR count). The van der Waals surface area contributed by atoms with Gasteiger partial charge >= 0.3 is 0 Å². The van der Waals surface area contributed by atoms with Crippen LogP contribution in [0, 0.1) is 20.7 Å². The number of benzene rings is 6. The van der Waals surface area contributed by atoms with E-state index in [4.69, 9.17) is 4.11 Å². The van der Waals surface area contributed by atoms with Gasteiger partial charge in [-0.15, -0.1) is 0 Å². The summed E-state index contributed by atoms with van der Waals surface area (Å²) in [4.78, 5) is 0. The van der Waals surface area contributed by atoms with Crippen LogP contribution in [-0.4, -0.2) is 9.67 Å². The summed E-state index contributed by atoms with van der Waals surface area (Å²) in [6.45, 7) is 11.2. The number of phenols is 1. The van der Waals surface area contributed by atoms with Crippen molar-refractivity contribution in [3.05, 3.63) is 149 Å². The highest BCUT2D eigenvalue weighted by Crippen LogP contribution is 2.44. The van der Waals surface area contributed by atoms with E-state index in [9.17, 15) is 6.48 Å². The lowest BCUT2D eigenvalue weighted by molar-refractivity contribution is -0.633. The summed E-state index contributed by atoms with van der Waals surface area (Å²) in [7, 11) is 2.16. The van der Waals surface area contributed by atoms with Gasteiger partial charge in [0.1, 0.15) is 11.4 Å². The molecule has 0 unspecified atom stereocenters. The third-order valence-corrected chi connectivity index (χ3v) is 12.1. The molecule has 0 atom stereocenters. The molecule has 1 fully saturated rings. The van der Waals surface area contributed by atoms with Crippen LogP contribution in [-0.2, 0) is 7.05 Å². The molecule has 1 saturated carbocycles. The summed E-state index contributed by atoms with van der Waals surface area (Å²) in [6.07, 6.45) is 5.21. The van der Waals surface area contributed by atoms with Gasteiger partial charge in [-0.2, -0.15) is 4.57 Å². The molecule has 0 bridgehead atoms. The van der Waals surface area contributed by atoms with Crippen molar-refractivity contribution in [2.24, 2.45) is 7.05 Å². The summed E-state index contributed by atoms with van der Waals surface area (Å²) in [5.41, 5.74) is 15.5. The minimum atomic E-state index is -2.27. The van der Waals surface area contributed by atoms with Crippen molar-refractivity contribution in [3.8, 4) is 56.2 Å². The fourth-order valence-corrected chi connectivity index (χ4v) is 9.11. The maximum Gasteiger partial charge on any atom is 0.295 e. The fourth-order valence-electron chi connectivity index (χ4n) is 9.11. The normalized spacial score (nSPS) is 15.5. The van der Waals surface area contributed by atoms with E-state index in [2.05, 4.69) is 106 Å². The number of hydrogen-bond donors (Lipinski definition) is 1. The number of aryl methyl sites for hydroxylation is 3. The van der Waals surface area contributed by atoms with Crippen LogP contribution < -0.4 is 4.57 Å². The summed E-state index contributed by atoms with van der Waals surface area (Å²) in [5, 5.41) is 11.9. The molecule has 3 heteroatoms. The SMILES string of the molecule is [2H]C([2H])([2H])c1ccc(-c2ccc(-c3ccc(C)c(-c4n(-c5c(C(C)C)cc(C6([2H])CCCCC6)cc5C(C)C)c5ccccc5[n+]4C)c3C)c(O)c2)cc1-c1ccccc1. The zero-order valence-corrected chi connectivity index (χ0v) is 34.0. The number of nitrogens with zero attached hydrogens (tertiary/aromatic N) is 2. The Labute approximate surface area is 339 Å². The zero-order chi connectivity index (χ0) is 42.7. The first kappa shape index (κ1) is 32.8. The van der Waals surface area contributed by atoms with Gasteiger partial charge in [0.2, 0.25) is 0 Å². The smallest absolute Gasteiger partial charge is 0.295 e. The van der Waals surface area contributed by atoms with Crippen molar-refractivity contribution in [2.75, 3.05) is 0 Å². The van der Waals surface area contributed by atoms with Crippen molar-refractivity contribution >= 4 is 11.0 Å². The molecule has 1 N–H and O–H groups in total. The van der Waals surface area contributed by atoms with Crippen LogP contribution in [0.2, 0.25) is 0 Å². The van der Waals surface area contributed by atoms with Crippen LogP contribution in [0.4, 0.5) is 0 Å². The van der Waals surface area contributed by atoms with Gasteiger partial charge in [0.05, 0.1) is 12.6 Å². The summed E-state index contributed by atoms with van der Waals surface area (Å²) >= 11 is 0. The van der Waals surface area contributed by atoms with Crippen LogP contribution in [0.1, 0.15) is 116 Å². The Hall–Kier alpha value is -5.41. The standard InChI is InChI=1S/C53H56N2O/c1-33(2)45-30-42(38-17-11-9-12-18-38)31-46(34(3)4)52(45)55-49-22-16-15-21-48(49)54(8)53(55)51-36(6)24-27-43(37(51)7)44-28-26-41(32-50(44)56)40-25-23-35(5)47(29-40)39-19-13-10-14-20-39/h10,13-16,19-34,38H,9,11-12,17-18H2,1-8H3/p+1/i5D3,38D. The maximum atomic E-state index is 11.9. The van der Waals surface area contributed by atoms with Crippen LogP contribution in [0.25, 0.3) is 61.5 Å². The van der Waals surface area contributed by atoms with Gasteiger partial charge in [-0.05, 0) is 126 Å². The van der Waals surface area contributed by atoms with Crippen LogP contribution in [0.15, 0.2) is 115 Å². The minimum absolute atomic E-state index is 0.156. The molecule has 3 nitrogen and oxygen atoms in total. The topological polar surface area (TPSA) is 29.0 Å². The lowest BCUT2D eigenvalue weighted by Gasteiger charge is -2.26. The molecular formula is C53H57N2O+. The number of phenolic OH excluding ortho intramolecular Hbond substituents is 1. The molecule has 1 heterocycles. The first-order valence-corrected chi connectivity index (χ1v) is 20.4. The van der Waals surface area contributed by atoms with Crippen LogP contribution >= 0.6 is 0 Å². The van der Waals surface area contributed by atoms with Gasteiger partial charge in [0.15, 0.2) is 11.0 Å². The highest BCUT2D eigenvalue weighted by atomic mass is 16.3. The number of hydrogen-bond acceptors (Lipinski definition) is 1. The molecule has 7 aromatic rings. The van der Waals surface area contributed by atoms with Gasteiger partial charge in [0.25, 0.3) is 5.82 Å². The Morgan fingerprint density at radius 1 is 0.679 bits per heavy atom. The van der Waals surface area contributed by atoms with Gasteiger partial charge in [-0.25, -0.2) is 4.57 Å². The Morgan fingerprint density at radius 2 is 1.30 bits per heavy atom. The second-order valence-electron chi connectivity index (χ2n) is 16.5. The number of imidazole rings is 1. The number of aromatic nitrogens is 2. The first-order valence-electron chi connectivity index (χ1n) is 22.4. The highest BCUT2D eigenvalue weighted by Gasteiger charge is 2.34. The molecule has 0 amide bonds. The van der Waals surface area contributed by atoms with E-state index in [1.54, 1.807) is 12.1 Å². The zero-order valence-electron chi connectivity index (χ0n) is 38.0. The number of aromatic hydroxyl groups is 1. The van der Waals surface area contributed by atoms with E-state index >= 15 is 0 Å². The highest BCUT2D eigenvalue weighted by molar-refractivity contribution is 5.87. The van der Waals surface area contributed by atoms with E-state index in [-0.39, 0.29) is 17.6 Å². The molecule has 1 aliphatic carbocycles. The van der Waals surface area contributed by atoms with Gasteiger partial charge in [0, 0.05) is 22.2 Å². The quantitative estimate of drug-likeness (QED) is 0.154. The number of para-hydroxylation sites is 2. The third kappa shape index (κ3) is 6.66. The van der Waals surface area contributed by atoms with Crippen LogP contribution in [0.3, 0.4) is 0 Å². The predicted octanol–water partition coefficient (Wildman–Crippen LogP) is 14.0. The van der Waals surface area contributed by atoms with E-state index in [0.29, 0.717) is 11.1 Å². The molecule has 0 aliphatic heterocycles. The van der Waals surface area contributed by atoms with Gasteiger partial charge in [-0.1, -0.05) is 138 Å². The molecule has 0 spiro atoms. The van der Waals surface area contributed by atoms with E-state index in [1.165, 1.54) is 23.2 Å². The Kier molecular flexibility index (Phi) is 8.94. The Balaban J connectivity index is 1.31. The summed E-state index contributed by atoms with van der Waals surface area (Å²) < 4.78 is 39.1. The average Bonchev–Trinajstić information content (AvgIpc) is 3.51. The minimum Gasteiger partial charge on any atom is -0.507 e. The second-order valence-corrected chi connectivity index (χ2v) is 16.5. The Bertz CT molecular complexity index is 2710. The molecule has 1 aromatic heterocycles. The molecule has 1 aliphatic rings. The summed E-state index contributed by atoms with van der Waals surface area (Å²) in [6, 6.07) is 38.5. The maximum absolute atomic E-state index is 11.9. The van der Waals surface area contributed by atoms with Crippen molar-refractivity contribution in [1.29, 1.82) is 0 Å². The van der Waals surface area contributed by atoms with Gasteiger partial charge in [-0.3, -0.25) is 0 Å². The molecular weight excluding hydrogens is 681 g/mol. The Morgan fingerprint density at radius 3 is 1.98 bits per heavy atom. The van der Waals surface area contributed by atoms with E-state index in [0.717, 1.165) is 92.6 Å². The number of rotatable bonds is 8. The largest absolute Gasteiger partial charge is 0.507 e. The second kappa shape index (κ2) is 15.3. The van der Waals surface area contributed by atoms with E-state index in [1.807, 2.05) is 54.6 Å². The van der Waals surface area contributed by atoms with Crippen molar-refractivity contribution in [2.45, 2.75) is 98.2 Å². The summed E-state index contributed by atoms with van der Waals surface area (Å²) in [5.74, 6) is 1.11. The van der Waals surface area contributed by atoms with Gasteiger partial charge < -0.3 is 5.11 Å². The fraction of sp³-hybridized carbons (Fsp3) is 0.302. The first-order chi connectivity index (χ1) is 28.6. The third-order valence-electron chi connectivity index (χ3n) is 12.1. The molecule has 0 radical (unpaired) electrons. The van der Waals surface area contributed by atoms with Crippen LogP contribution in [0.5, 0.6) is 5.75 Å². The molecule has 56 heavy (non-hydrogen) atoms. The van der Waals surface area contributed by atoms with Crippen molar-refractivity contribution < 1.29 is 15.2 Å². The monoisotopic (exact) mass is 741 g/mol. The number of fused-ring (bicyclic) bond motifs is 1. The van der Waals surface area contributed by atoms with Crippen molar-refractivity contribution in [1.82, 2.24) is 4.57 Å². The molecule has 6 aromatic carbocycles. The average molecular weight is 742 g/mol. The predicted molar refractivity (Wildman–Crippen MR) is 236 cm³/mol. The lowest BCUT2D eigenvalue weighted by Crippen LogP contribution is -2.31. The molecule has 284 valence electrons. The van der Waals surface area contributed by atoms with E-state index < -0.39 is 12.7 Å².